The molecule has 3 nitrogen and oxygen atoms in total. The van der Waals surface area contributed by atoms with Crippen LogP contribution in [0.3, 0.4) is 0 Å². The van der Waals surface area contributed by atoms with E-state index in [0.29, 0.717) is 5.92 Å². The second kappa shape index (κ2) is 4.60. The van der Waals surface area contributed by atoms with Crippen LogP contribution in [0.1, 0.15) is 38.9 Å². The maximum absolute atomic E-state index is 5.78. The van der Waals surface area contributed by atoms with E-state index in [-0.39, 0.29) is 11.6 Å². The van der Waals surface area contributed by atoms with Crippen LogP contribution in [0.4, 0.5) is 0 Å². The minimum atomic E-state index is 0.170. The number of nitrogens with one attached hydrogen (secondary N) is 1. The molecule has 1 aromatic heterocycles. The van der Waals surface area contributed by atoms with Crippen molar-refractivity contribution in [1.82, 2.24) is 5.32 Å². The predicted octanol–water partition coefficient (Wildman–Crippen LogP) is 2.75. The molecule has 0 spiro atoms. The zero-order chi connectivity index (χ0) is 11.6. The van der Waals surface area contributed by atoms with Crippen molar-refractivity contribution in [1.29, 1.82) is 0 Å². The van der Waals surface area contributed by atoms with Crippen LogP contribution in [0.2, 0.25) is 0 Å². The van der Waals surface area contributed by atoms with Crippen molar-refractivity contribution < 1.29 is 9.15 Å². The lowest BCUT2D eigenvalue weighted by molar-refractivity contribution is 0.0884. The molecule has 1 aromatic rings. The average Bonchev–Trinajstić information content (AvgIpc) is 2.84. The van der Waals surface area contributed by atoms with Crippen molar-refractivity contribution in [3.63, 3.8) is 0 Å². The SMILES string of the molecule is CC(C)(C)NCC1CCOC1c1ccoc1. The van der Waals surface area contributed by atoms with E-state index in [4.69, 9.17) is 9.15 Å². The summed E-state index contributed by atoms with van der Waals surface area (Å²) in [4.78, 5) is 0. The van der Waals surface area contributed by atoms with Crippen molar-refractivity contribution in [3.8, 4) is 0 Å². The van der Waals surface area contributed by atoms with Gasteiger partial charge in [-0.2, -0.15) is 0 Å². The molecule has 90 valence electrons. The molecule has 0 aliphatic carbocycles. The minimum Gasteiger partial charge on any atom is -0.472 e. The molecular weight excluding hydrogens is 202 g/mol. The van der Waals surface area contributed by atoms with Gasteiger partial charge in [-0.05, 0) is 33.3 Å². The Morgan fingerprint density at radius 3 is 2.88 bits per heavy atom. The van der Waals surface area contributed by atoms with E-state index in [1.54, 1.807) is 12.5 Å². The Hall–Kier alpha value is -0.800. The molecular formula is C13H21NO2. The van der Waals surface area contributed by atoms with Gasteiger partial charge in [0.05, 0.1) is 18.6 Å². The molecule has 3 heteroatoms. The van der Waals surface area contributed by atoms with Gasteiger partial charge in [0.25, 0.3) is 0 Å². The molecule has 0 radical (unpaired) electrons. The summed E-state index contributed by atoms with van der Waals surface area (Å²) < 4.78 is 10.9. The average molecular weight is 223 g/mol. The van der Waals surface area contributed by atoms with Crippen molar-refractivity contribution >= 4 is 0 Å². The molecule has 2 heterocycles. The Bertz CT molecular complexity index is 313. The van der Waals surface area contributed by atoms with Gasteiger partial charge in [-0.3, -0.25) is 0 Å². The van der Waals surface area contributed by atoms with Crippen LogP contribution in [0.25, 0.3) is 0 Å². The maximum Gasteiger partial charge on any atom is 0.0960 e. The second-order valence-corrected chi connectivity index (χ2v) is 5.53. The van der Waals surface area contributed by atoms with Crippen molar-refractivity contribution in [2.45, 2.75) is 38.8 Å². The van der Waals surface area contributed by atoms with Crippen LogP contribution < -0.4 is 5.32 Å². The molecule has 1 fully saturated rings. The normalized spacial score (nSPS) is 26.2. The highest BCUT2D eigenvalue weighted by Crippen LogP contribution is 2.34. The first kappa shape index (κ1) is 11.7. The first-order valence-corrected chi connectivity index (χ1v) is 5.95. The first-order chi connectivity index (χ1) is 7.56. The minimum absolute atomic E-state index is 0.170. The second-order valence-electron chi connectivity index (χ2n) is 5.53. The Morgan fingerprint density at radius 1 is 1.44 bits per heavy atom. The fourth-order valence-electron chi connectivity index (χ4n) is 2.09. The van der Waals surface area contributed by atoms with Gasteiger partial charge >= 0.3 is 0 Å². The largest absolute Gasteiger partial charge is 0.472 e. The summed E-state index contributed by atoms with van der Waals surface area (Å²) in [6, 6.07) is 2.00. The Labute approximate surface area is 97.2 Å². The molecule has 2 atom stereocenters. The summed E-state index contributed by atoms with van der Waals surface area (Å²) in [5.41, 5.74) is 1.34. The topological polar surface area (TPSA) is 34.4 Å². The van der Waals surface area contributed by atoms with E-state index >= 15 is 0 Å². The van der Waals surface area contributed by atoms with Gasteiger partial charge in [0, 0.05) is 30.2 Å². The Balaban J connectivity index is 1.94. The van der Waals surface area contributed by atoms with E-state index in [1.165, 1.54) is 5.56 Å². The lowest BCUT2D eigenvalue weighted by atomic mass is 9.96. The number of furan rings is 1. The van der Waals surface area contributed by atoms with Gasteiger partial charge in [-0.1, -0.05) is 0 Å². The number of ether oxygens (including phenoxy) is 1. The fourth-order valence-corrected chi connectivity index (χ4v) is 2.09. The van der Waals surface area contributed by atoms with Crippen LogP contribution >= 0.6 is 0 Å². The summed E-state index contributed by atoms with van der Waals surface area (Å²) in [7, 11) is 0. The molecule has 1 N–H and O–H groups in total. The molecule has 0 bridgehead atoms. The van der Waals surface area contributed by atoms with E-state index < -0.39 is 0 Å². The molecule has 1 aliphatic rings. The number of hydrogen-bond acceptors (Lipinski definition) is 3. The van der Waals surface area contributed by atoms with Gasteiger partial charge in [-0.15, -0.1) is 0 Å². The van der Waals surface area contributed by atoms with Crippen LogP contribution in [-0.2, 0) is 4.74 Å². The molecule has 1 saturated heterocycles. The van der Waals surface area contributed by atoms with E-state index in [9.17, 15) is 0 Å². The molecule has 16 heavy (non-hydrogen) atoms. The van der Waals surface area contributed by atoms with Gasteiger partial charge in [0.15, 0.2) is 0 Å². The molecule has 2 rings (SSSR count). The highest BCUT2D eigenvalue weighted by Gasteiger charge is 2.30. The zero-order valence-corrected chi connectivity index (χ0v) is 10.3. The van der Waals surface area contributed by atoms with Crippen LogP contribution in [0.15, 0.2) is 23.0 Å². The lowest BCUT2D eigenvalue weighted by Crippen LogP contribution is -2.39. The molecule has 0 aromatic carbocycles. The van der Waals surface area contributed by atoms with Gasteiger partial charge in [-0.25, -0.2) is 0 Å². The monoisotopic (exact) mass is 223 g/mol. The first-order valence-electron chi connectivity index (χ1n) is 5.95. The van der Waals surface area contributed by atoms with Crippen LogP contribution in [0.5, 0.6) is 0 Å². The van der Waals surface area contributed by atoms with E-state index in [0.717, 1.165) is 19.6 Å². The fraction of sp³-hybridized carbons (Fsp3) is 0.692. The summed E-state index contributed by atoms with van der Waals surface area (Å²) in [6.45, 7) is 8.42. The van der Waals surface area contributed by atoms with Crippen LogP contribution in [-0.4, -0.2) is 18.7 Å². The highest BCUT2D eigenvalue weighted by molar-refractivity contribution is 5.12. The smallest absolute Gasteiger partial charge is 0.0960 e. The summed E-state index contributed by atoms with van der Waals surface area (Å²) in [6.07, 6.45) is 4.83. The van der Waals surface area contributed by atoms with Crippen molar-refractivity contribution in [3.05, 3.63) is 24.2 Å². The standard InChI is InChI=1S/C13H21NO2/c1-13(2,3)14-8-10-5-7-16-12(10)11-4-6-15-9-11/h4,6,9-10,12,14H,5,7-8H2,1-3H3. The lowest BCUT2D eigenvalue weighted by Gasteiger charge is -2.25. The van der Waals surface area contributed by atoms with Crippen molar-refractivity contribution in [2.24, 2.45) is 5.92 Å². The molecule has 0 saturated carbocycles. The third-order valence-corrected chi connectivity index (χ3v) is 2.98. The Kier molecular flexibility index (Phi) is 3.36. The highest BCUT2D eigenvalue weighted by atomic mass is 16.5. The third-order valence-electron chi connectivity index (χ3n) is 2.98. The molecule has 2 unspecified atom stereocenters. The third kappa shape index (κ3) is 2.86. The van der Waals surface area contributed by atoms with Gasteiger partial charge in [0.1, 0.15) is 0 Å². The summed E-state index contributed by atoms with van der Waals surface area (Å²) in [5.74, 6) is 0.553. The predicted molar refractivity (Wildman–Crippen MR) is 63.3 cm³/mol. The quantitative estimate of drug-likeness (QED) is 0.855. The van der Waals surface area contributed by atoms with E-state index in [2.05, 4.69) is 26.1 Å². The summed E-state index contributed by atoms with van der Waals surface area (Å²) in [5, 5.41) is 3.55. The number of hydrogen-bond donors (Lipinski definition) is 1. The van der Waals surface area contributed by atoms with Crippen LogP contribution in [0, 0.1) is 5.92 Å². The number of rotatable bonds is 3. The van der Waals surface area contributed by atoms with Gasteiger partial charge < -0.3 is 14.5 Å². The maximum atomic E-state index is 5.78. The molecule has 1 aliphatic heterocycles. The van der Waals surface area contributed by atoms with E-state index in [1.807, 2.05) is 6.07 Å². The molecule has 0 amide bonds. The Morgan fingerprint density at radius 2 is 2.25 bits per heavy atom. The van der Waals surface area contributed by atoms with Gasteiger partial charge in [0.2, 0.25) is 0 Å². The van der Waals surface area contributed by atoms with Crippen molar-refractivity contribution in [2.75, 3.05) is 13.2 Å². The summed E-state index contributed by atoms with van der Waals surface area (Å²) >= 11 is 0. The zero-order valence-electron chi connectivity index (χ0n) is 10.3.